The molecule has 2 amide bonds. The van der Waals surface area contributed by atoms with Gasteiger partial charge in [0.2, 0.25) is 11.8 Å². The number of alkyl halides is 3. The molecule has 0 saturated carbocycles. The van der Waals surface area contributed by atoms with Gasteiger partial charge in [-0.3, -0.25) is 9.59 Å². The number of thiophene rings is 1. The van der Waals surface area contributed by atoms with E-state index in [1.54, 1.807) is 18.2 Å². The molecule has 5 nitrogen and oxygen atoms in total. The second kappa shape index (κ2) is 8.78. The van der Waals surface area contributed by atoms with Crippen molar-refractivity contribution < 1.29 is 27.2 Å². The third-order valence-corrected chi connectivity index (χ3v) is 6.35. The minimum absolute atomic E-state index is 0.0908. The molecule has 1 atom stereocenters. The lowest BCUT2D eigenvalue weighted by atomic mass is 10.0. The van der Waals surface area contributed by atoms with Crippen molar-refractivity contribution >= 4 is 23.2 Å². The van der Waals surface area contributed by atoms with E-state index in [-0.39, 0.29) is 18.2 Å². The van der Waals surface area contributed by atoms with Gasteiger partial charge in [-0.25, -0.2) is 4.39 Å². The van der Waals surface area contributed by atoms with Gasteiger partial charge in [0.15, 0.2) is 0 Å². The second-order valence-corrected chi connectivity index (χ2v) is 8.54. The van der Waals surface area contributed by atoms with Crippen LogP contribution in [0.25, 0.3) is 21.8 Å². The van der Waals surface area contributed by atoms with Crippen molar-refractivity contribution in [3.05, 3.63) is 58.7 Å². The predicted molar refractivity (Wildman–Crippen MR) is 112 cm³/mol. The van der Waals surface area contributed by atoms with Gasteiger partial charge in [-0.15, -0.1) is 11.3 Å². The topological polar surface area (TPSA) is 74.0 Å². The van der Waals surface area contributed by atoms with E-state index in [1.807, 2.05) is 0 Å². The van der Waals surface area contributed by atoms with Gasteiger partial charge in [0.05, 0.1) is 10.6 Å². The molecule has 1 aliphatic heterocycles. The Morgan fingerprint density at radius 3 is 2.53 bits per heavy atom. The summed E-state index contributed by atoms with van der Waals surface area (Å²) in [5, 5.41) is 5.34. The first kappa shape index (κ1) is 22.1. The maximum absolute atomic E-state index is 13.4. The number of aryl methyl sites for hydroxylation is 1. The summed E-state index contributed by atoms with van der Waals surface area (Å²) in [7, 11) is 0. The number of rotatable bonds is 6. The molecular weight excluding hydrogens is 446 g/mol. The Hall–Kier alpha value is -3.14. The van der Waals surface area contributed by atoms with E-state index in [4.69, 9.17) is 0 Å². The molecule has 1 unspecified atom stereocenters. The van der Waals surface area contributed by atoms with Gasteiger partial charge in [0.25, 0.3) is 0 Å². The molecule has 168 valence electrons. The number of halogens is 4. The van der Waals surface area contributed by atoms with Gasteiger partial charge in [-0.05, 0) is 66.4 Å². The van der Waals surface area contributed by atoms with Crippen LogP contribution in [-0.4, -0.2) is 29.4 Å². The van der Waals surface area contributed by atoms with E-state index in [0.717, 1.165) is 6.07 Å². The van der Waals surface area contributed by atoms with Gasteiger partial charge >= 0.3 is 6.18 Å². The van der Waals surface area contributed by atoms with Gasteiger partial charge < -0.3 is 15.6 Å². The fraction of sp³-hybridized carbons (Fsp3) is 0.273. The van der Waals surface area contributed by atoms with Gasteiger partial charge in [0.1, 0.15) is 16.7 Å². The van der Waals surface area contributed by atoms with Crippen molar-refractivity contribution in [1.82, 2.24) is 15.6 Å². The first-order chi connectivity index (χ1) is 15.2. The van der Waals surface area contributed by atoms with Crippen molar-refractivity contribution in [3.8, 4) is 21.8 Å². The Morgan fingerprint density at radius 1 is 1.16 bits per heavy atom. The molecule has 0 radical (unpaired) electrons. The quantitative estimate of drug-likeness (QED) is 0.469. The Bertz CT molecular complexity index is 1140. The summed E-state index contributed by atoms with van der Waals surface area (Å²) in [5.74, 6) is -0.924. The summed E-state index contributed by atoms with van der Waals surface area (Å²) in [4.78, 5) is 26.8. The minimum Gasteiger partial charge on any atom is -0.354 e. The zero-order chi connectivity index (χ0) is 22.9. The van der Waals surface area contributed by atoms with E-state index in [1.165, 1.54) is 18.2 Å². The molecule has 1 fully saturated rings. The standard InChI is InChI=1S/C22H19F4N3O2S/c23-14-4-1-12(2-5-14)20-13(3-8-19(30)28-15-9-10-27-21(15)31)11-16(29-20)17-6-7-18(32-17)22(24,25)26/h1-2,4-7,11,15,29H,3,8-10H2,(H,27,31)(H,28,30). The molecule has 1 saturated heterocycles. The maximum atomic E-state index is 13.4. The highest BCUT2D eigenvalue weighted by Gasteiger charge is 2.32. The fourth-order valence-corrected chi connectivity index (χ4v) is 4.43. The van der Waals surface area contributed by atoms with Crippen LogP contribution < -0.4 is 10.6 Å². The minimum atomic E-state index is -4.43. The Labute approximate surface area is 184 Å². The summed E-state index contributed by atoms with van der Waals surface area (Å²) >= 11 is 0.619. The molecular formula is C22H19F4N3O2S. The highest BCUT2D eigenvalue weighted by Crippen LogP contribution is 2.39. The second-order valence-electron chi connectivity index (χ2n) is 7.45. The van der Waals surface area contributed by atoms with Crippen LogP contribution in [0.2, 0.25) is 0 Å². The van der Waals surface area contributed by atoms with Crippen molar-refractivity contribution in [1.29, 1.82) is 0 Å². The molecule has 32 heavy (non-hydrogen) atoms. The molecule has 2 aromatic heterocycles. The average Bonchev–Trinajstić information content (AvgIpc) is 3.47. The molecule has 3 heterocycles. The van der Waals surface area contributed by atoms with E-state index in [9.17, 15) is 27.2 Å². The van der Waals surface area contributed by atoms with Crippen molar-refractivity contribution in [2.24, 2.45) is 0 Å². The normalized spacial score (nSPS) is 16.2. The molecule has 1 aliphatic rings. The predicted octanol–water partition coefficient (Wildman–Crippen LogP) is 4.51. The summed E-state index contributed by atoms with van der Waals surface area (Å²) < 4.78 is 52.4. The van der Waals surface area contributed by atoms with E-state index in [2.05, 4.69) is 15.6 Å². The van der Waals surface area contributed by atoms with Crippen LogP contribution in [0.4, 0.5) is 17.6 Å². The largest absolute Gasteiger partial charge is 0.425 e. The number of aromatic amines is 1. The van der Waals surface area contributed by atoms with Crippen LogP contribution >= 0.6 is 11.3 Å². The summed E-state index contributed by atoms with van der Waals surface area (Å²) in [6, 6.07) is 9.28. The first-order valence-electron chi connectivity index (χ1n) is 9.93. The smallest absolute Gasteiger partial charge is 0.354 e. The van der Waals surface area contributed by atoms with Crippen LogP contribution in [0.3, 0.4) is 0 Å². The third kappa shape index (κ3) is 4.85. The van der Waals surface area contributed by atoms with Crippen LogP contribution in [0.1, 0.15) is 23.3 Å². The lowest BCUT2D eigenvalue weighted by Crippen LogP contribution is -2.40. The average molecular weight is 465 g/mol. The van der Waals surface area contributed by atoms with E-state index >= 15 is 0 Å². The molecule has 0 bridgehead atoms. The highest BCUT2D eigenvalue weighted by atomic mass is 32.1. The molecule has 1 aromatic carbocycles. The maximum Gasteiger partial charge on any atom is 0.425 e. The number of amides is 2. The molecule has 3 N–H and O–H groups in total. The molecule has 10 heteroatoms. The first-order valence-corrected chi connectivity index (χ1v) is 10.7. The van der Waals surface area contributed by atoms with Gasteiger partial charge in [-0.1, -0.05) is 0 Å². The molecule has 0 spiro atoms. The zero-order valence-corrected chi connectivity index (χ0v) is 17.5. The van der Waals surface area contributed by atoms with E-state index < -0.39 is 22.9 Å². The highest BCUT2D eigenvalue weighted by molar-refractivity contribution is 7.15. The number of H-pyrrole nitrogens is 1. The van der Waals surface area contributed by atoms with Crippen molar-refractivity contribution in [2.75, 3.05) is 6.54 Å². The van der Waals surface area contributed by atoms with Crippen LogP contribution in [0.15, 0.2) is 42.5 Å². The number of hydrogen-bond acceptors (Lipinski definition) is 3. The monoisotopic (exact) mass is 465 g/mol. The van der Waals surface area contributed by atoms with E-state index in [0.29, 0.717) is 58.1 Å². The summed E-state index contributed by atoms with van der Waals surface area (Å²) in [6.07, 6.45) is -3.52. The Kier molecular flexibility index (Phi) is 6.05. The number of carbonyl (C=O) groups excluding carboxylic acids is 2. The van der Waals surface area contributed by atoms with Crippen molar-refractivity contribution in [3.63, 3.8) is 0 Å². The number of hydrogen-bond donors (Lipinski definition) is 3. The van der Waals surface area contributed by atoms with Crippen LogP contribution in [-0.2, 0) is 22.2 Å². The number of nitrogens with one attached hydrogen (secondary N) is 3. The summed E-state index contributed by atoms with van der Waals surface area (Å²) in [5.41, 5.74) is 2.44. The molecule has 4 rings (SSSR count). The third-order valence-electron chi connectivity index (χ3n) is 5.19. The SMILES string of the molecule is O=C(CCc1cc(-c2ccc(C(F)(F)F)s2)[nH]c1-c1ccc(F)cc1)NC1CCNC1=O. The molecule has 0 aliphatic carbocycles. The van der Waals surface area contributed by atoms with Gasteiger partial charge in [0, 0.05) is 18.7 Å². The fourth-order valence-electron chi connectivity index (χ4n) is 3.58. The summed E-state index contributed by atoms with van der Waals surface area (Å²) in [6.45, 7) is 0.514. The number of carbonyl (C=O) groups is 2. The lowest BCUT2D eigenvalue weighted by molar-refractivity contribution is -0.134. The van der Waals surface area contributed by atoms with Gasteiger partial charge in [-0.2, -0.15) is 13.2 Å². The van der Waals surface area contributed by atoms with Crippen LogP contribution in [0, 0.1) is 5.82 Å². The molecule has 3 aromatic rings. The van der Waals surface area contributed by atoms with Crippen LogP contribution in [0.5, 0.6) is 0 Å². The lowest BCUT2D eigenvalue weighted by Gasteiger charge is -2.10. The number of aromatic nitrogens is 1. The zero-order valence-electron chi connectivity index (χ0n) is 16.7. The Morgan fingerprint density at radius 2 is 1.91 bits per heavy atom. The van der Waals surface area contributed by atoms with Crippen molar-refractivity contribution in [2.45, 2.75) is 31.5 Å². The Balaban J connectivity index is 1.58. The number of benzene rings is 1.